The molecule has 306 valence electrons. The number of rotatable bonds is 7. The van der Waals surface area contributed by atoms with E-state index in [9.17, 15) is 0 Å². The van der Waals surface area contributed by atoms with Crippen LogP contribution in [0.1, 0.15) is 45.9 Å². The van der Waals surface area contributed by atoms with Gasteiger partial charge in [-0.25, -0.2) is 0 Å². The van der Waals surface area contributed by atoms with E-state index in [1.165, 1.54) is 72.3 Å². The van der Waals surface area contributed by atoms with Gasteiger partial charge >= 0.3 is 0 Å². The summed E-state index contributed by atoms with van der Waals surface area (Å²) >= 11 is 0. The van der Waals surface area contributed by atoms with E-state index < -0.39 is 5.41 Å². The maximum atomic E-state index is 6.55. The van der Waals surface area contributed by atoms with Gasteiger partial charge in [0, 0.05) is 22.2 Å². The maximum absolute atomic E-state index is 6.55. The van der Waals surface area contributed by atoms with E-state index >= 15 is 0 Å². The van der Waals surface area contributed by atoms with E-state index in [2.05, 4.69) is 248 Å². The van der Waals surface area contributed by atoms with E-state index in [1.54, 1.807) is 0 Å². The van der Waals surface area contributed by atoms with Gasteiger partial charge in [0.25, 0.3) is 0 Å². The van der Waals surface area contributed by atoms with Crippen molar-refractivity contribution in [3.05, 3.63) is 282 Å². The van der Waals surface area contributed by atoms with Crippen molar-refractivity contribution in [1.29, 1.82) is 0 Å². The number of furan rings is 1. The lowest BCUT2D eigenvalue weighted by molar-refractivity contribution is 0.669. The number of hydrogen-bond donors (Lipinski definition) is 0. The van der Waals surface area contributed by atoms with Crippen molar-refractivity contribution >= 4 is 39.0 Å². The van der Waals surface area contributed by atoms with E-state index in [-0.39, 0.29) is 5.41 Å². The summed E-state index contributed by atoms with van der Waals surface area (Å²) in [6, 6.07) is 89.1. The molecule has 2 aliphatic carbocycles. The summed E-state index contributed by atoms with van der Waals surface area (Å²) in [5.74, 6) is 0. The van der Waals surface area contributed by atoms with Gasteiger partial charge in [-0.1, -0.05) is 200 Å². The summed E-state index contributed by atoms with van der Waals surface area (Å²) in [7, 11) is 0. The van der Waals surface area contributed by atoms with Gasteiger partial charge in [0.05, 0.1) is 16.5 Å². The first-order chi connectivity index (χ1) is 32.1. The normalized spacial score (nSPS) is 15.3. The molecule has 0 bridgehead atoms. The lowest BCUT2D eigenvalue weighted by Crippen LogP contribution is -2.28. The van der Waals surface area contributed by atoms with Crippen molar-refractivity contribution < 1.29 is 4.42 Å². The minimum atomic E-state index is -0.535. The predicted octanol–water partition coefficient (Wildman–Crippen LogP) is 16.4. The van der Waals surface area contributed by atoms with Crippen LogP contribution in [0.4, 0.5) is 17.1 Å². The van der Waals surface area contributed by atoms with Gasteiger partial charge in [0.15, 0.2) is 0 Å². The third-order valence-electron chi connectivity index (χ3n) is 14.4. The number of nitrogens with zero attached hydrogens (tertiary/aromatic N) is 1. The summed E-state index contributed by atoms with van der Waals surface area (Å²) in [5.41, 5.74) is 20.7. The van der Waals surface area contributed by atoms with Crippen LogP contribution in [0.5, 0.6) is 0 Å². The van der Waals surface area contributed by atoms with Gasteiger partial charge in [0.1, 0.15) is 11.2 Å². The van der Waals surface area contributed by atoms with Gasteiger partial charge in [-0.05, 0) is 122 Å². The Morgan fingerprint density at radius 2 is 0.908 bits per heavy atom. The van der Waals surface area contributed by atoms with Gasteiger partial charge in [0.2, 0.25) is 0 Å². The Bertz CT molecular complexity index is 3570. The van der Waals surface area contributed by atoms with Gasteiger partial charge < -0.3 is 9.32 Å². The fourth-order valence-electron chi connectivity index (χ4n) is 11.6. The summed E-state index contributed by atoms with van der Waals surface area (Å²) in [4.78, 5) is 2.44. The zero-order chi connectivity index (χ0) is 43.1. The number of benzene rings is 10. The van der Waals surface area contributed by atoms with Gasteiger partial charge in [-0.3, -0.25) is 0 Å². The SMILES string of the molecule is CC1(c2ccccc2)c2ccccc2-c2c(-c3ccc(N(c4ccc5c(c4)C(c4ccccc4)(c4ccccc4)c4ccccc4-5)c4cccc5oc6ccccc6c45)cc3)cccc21. The molecule has 0 N–H and O–H groups in total. The Morgan fingerprint density at radius 1 is 0.369 bits per heavy atom. The maximum Gasteiger partial charge on any atom is 0.137 e. The van der Waals surface area contributed by atoms with Crippen molar-refractivity contribution in [3.8, 4) is 33.4 Å². The van der Waals surface area contributed by atoms with E-state index in [1.807, 2.05) is 6.07 Å². The van der Waals surface area contributed by atoms with Crippen molar-refractivity contribution in [3.63, 3.8) is 0 Å². The lowest BCUT2D eigenvalue weighted by Gasteiger charge is -2.35. The van der Waals surface area contributed by atoms with Crippen molar-refractivity contribution in [2.75, 3.05) is 4.90 Å². The molecule has 1 unspecified atom stereocenters. The largest absolute Gasteiger partial charge is 0.456 e. The van der Waals surface area contributed by atoms with E-state index in [4.69, 9.17) is 4.42 Å². The smallest absolute Gasteiger partial charge is 0.137 e. The van der Waals surface area contributed by atoms with Crippen molar-refractivity contribution in [1.82, 2.24) is 0 Å². The van der Waals surface area contributed by atoms with Crippen LogP contribution in [-0.4, -0.2) is 0 Å². The number of fused-ring (bicyclic) bond motifs is 9. The average molecular weight is 830 g/mol. The fraction of sp³-hybridized carbons (Fsp3) is 0.0476. The zero-order valence-electron chi connectivity index (χ0n) is 35.9. The highest BCUT2D eigenvalue weighted by Crippen LogP contribution is 2.58. The van der Waals surface area contributed by atoms with Crippen LogP contribution in [0.15, 0.2) is 247 Å². The summed E-state index contributed by atoms with van der Waals surface area (Å²) in [6.45, 7) is 2.39. The van der Waals surface area contributed by atoms with E-state index in [0.717, 1.165) is 39.0 Å². The summed E-state index contributed by atoms with van der Waals surface area (Å²) < 4.78 is 6.55. The number of para-hydroxylation sites is 1. The molecule has 1 aromatic heterocycles. The Labute approximate surface area is 379 Å². The number of anilines is 3. The third kappa shape index (κ3) is 5.35. The Morgan fingerprint density at radius 3 is 1.65 bits per heavy atom. The van der Waals surface area contributed by atoms with Crippen LogP contribution < -0.4 is 4.90 Å². The molecule has 0 spiro atoms. The molecule has 1 atom stereocenters. The molecule has 0 saturated heterocycles. The molecular weight excluding hydrogens is 787 g/mol. The molecule has 0 aliphatic heterocycles. The van der Waals surface area contributed by atoms with Crippen LogP contribution in [-0.2, 0) is 10.8 Å². The third-order valence-corrected chi connectivity index (χ3v) is 14.4. The van der Waals surface area contributed by atoms with Crippen molar-refractivity contribution in [2.45, 2.75) is 17.8 Å². The summed E-state index contributed by atoms with van der Waals surface area (Å²) in [6.07, 6.45) is 0. The van der Waals surface area contributed by atoms with Crippen LogP contribution in [0, 0.1) is 0 Å². The lowest BCUT2D eigenvalue weighted by atomic mass is 9.67. The van der Waals surface area contributed by atoms with Crippen LogP contribution in [0.3, 0.4) is 0 Å². The van der Waals surface area contributed by atoms with Crippen LogP contribution >= 0.6 is 0 Å². The molecule has 0 amide bonds. The molecular formula is C63H43NO. The Hall–Kier alpha value is -8.20. The fourth-order valence-corrected chi connectivity index (χ4v) is 11.6. The first-order valence-electron chi connectivity index (χ1n) is 22.6. The molecule has 0 fully saturated rings. The topological polar surface area (TPSA) is 16.4 Å². The monoisotopic (exact) mass is 829 g/mol. The molecule has 1 heterocycles. The first-order valence-corrected chi connectivity index (χ1v) is 22.6. The second-order valence-corrected chi connectivity index (χ2v) is 17.7. The minimum Gasteiger partial charge on any atom is -0.456 e. The van der Waals surface area contributed by atoms with Gasteiger partial charge in [-0.2, -0.15) is 0 Å². The standard InChI is InChI=1S/C63H43NO/c1-62(43-19-5-2-6-20-43)53-29-14-12-26-51(53)60-48(28-17-31-55(60)62)42-35-37-46(38-36-42)64(57-32-18-34-59-61(57)52-27-13-16-33-58(52)65-59)47-39-40-50-49-25-11-15-30-54(49)63(56(50)41-47,44-21-7-3-8-22-44)45-23-9-4-10-24-45/h2-41H,1H3. The molecule has 13 rings (SSSR count). The van der Waals surface area contributed by atoms with Crippen molar-refractivity contribution in [2.24, 2.45) is 0 Å². The molecule has 0 saturated carbocycles. The van der Waals surface area contributed by atoms with E-state index in [0.29, 0.717) is 0 Å². The molecule has 11 aromatic rings. The molecule has 2 aliphatic rings. The Kier molecular flexibility index (Phi) is 8.29. The first kappa shape index (κ1) is 37.4. The molecule has 65 heavy (non-hydrogen) atoms. The molecule has 2 nitrogen and oxygen atoms in total. The molecule has 0 radical (unpaired) electrons. The predicted molar refractivity (Wildman–Crippen MR) is 269 cm³/mol. The second-order valence-electron chi connectivity index (χ2n) is 17.7. The van der Waals surface area contributed by atoms with Crippen LogP contribution in [0.25, 0.3) is 55.3 Å². The highest BCUT2D eigenvalue weighted by atomic mass is 16.3. The molecule has 2 heteroatoms. The van der Waals surface area contributed by atoms with Crippen LogP contribution in [0.2, 0.25) is 0 Å². The Balaban J connectivity index is 1.03. The minimum absolute atomic E-state index is 0.270. The average Bonchev–Trinajstić information content (AvgIpc) is 4.00. The highest BCUT2D eigenvalue weighted by Gasteiger charge is 2.46. The molecule has 10 aromatic carbocycles. The second kappa shape index (κ2) is 14.4. The quantitative estimate of drug-likeness (QED) is 0.159. The number of hydrogen-bond acceptors (Lipinski definition) is 2. The highest BCUT2D eigenvalue weighted by molar-refractivity contribution is 6.13. The zero-order valence-corrected chi connectivity index (χ0v) is 35.9. The summed E-state index contributed by atoms with van der Waals surface area (Å²) in [5, 5.41) is 2.18. The van der Waals surface area contributed by atoms with Gasteiger partial charge in [-0.15, -0.1) is 0 Å².